The largest absolute Gasteiger partial charge is 0.491 e. The number of benzene rings is 1. The van der Waals surface area contributed by atoms with Gasteiger partial charge in [-0.3, -0.25) is 4.79 Å². The van der Waals surface area contributed by atoms with E-state index in [0.29, 0.717) is 36.2 Å². The molecule has 0 saturated heterocycles. The van der Waals surface area contributed by atoms with Gasteiger partial charge in [-0.2, -0.15) is 4.98 Å². The zero-order valence-electron chi connectivity index (χ0n) is 18.2. The maximum atomic E-state index is 12.5. The fraction of sp³-hybridized carbons (Fsp3) is 0.130. The normalized spacial score (nSPS) is 11.0. The average Bonchev–Trinajstić information content (AvgIpc) is 3.54. The maximum absolute atomic E-state index is 12.5. The molecular formula is C23H21N7O4. The van der Waals surface area contributed by atoms with Crippen molar-refractivity contribution in [3.05, 3.63) is 66.6 Å². The van der Waals surface area contributed by atoms with Crippen molar-refractivity contribution in [3.8, 4) is 28.4 Å². The third kappa shape index (κ3) is 5.58. The third-order valence-electron chi connectivity index (χ3n) is 4.50. The highest BCUT2D eigenvalue weighted by Gasteiger charge is 2.18. The van der Waals surface area contributed by atoms with E-state index in [1.165, 1.54) is 6.21 Å². The van der Waals surface area contributed by atoms with Crippen molar-refractivity contribution < 1.29 is 18.8 Å². The summed E-state index contributed by atoms with van der Waals surface area (Å²) in [6, 6.07) is 10.6. The molecular weight excluding hydrogens is 438 g/mol. The number of amides is 1. The molecule has 11 nitrogen and oxygen atoms in total. The van der Waals surface area contributed by atoms with Gasteiger partial charge in [-0.05, 0) is 42.5 Å². The Hall–Kier alpha value is -4.64. The number of nitrogens with one attached hydrogen (secondary N) is 3. The minimum Gasteiger partial charge on any atom is -0.491 e. The van der Waals surface area contributed by atoms with Crippen LogP contribution in [-0.2, 0) is 4.74 Å². The minimum atomic E-state index is -0.568. The van der Waals surface area contributed by atoms with Crippen LogP contribution in [0.15, 0.2) is 59.4 Å². The number of hydrogen-bond donors (Lipinski definition) is 3. The number of carbonyl (C=O) groups is 1. The van der Waals surface area contributed by atoms with E-state index in [0.717, 1.165) is 11.3 Å². The topological polar surface area (TPSA) is 152 Å². The van der Waals surface area contributed by atoms with E-state index in [2.05, 4.69) is 30.4 Å². The minimum absolute atomic E-state index is 0.200. The van der Waals surface area contributed by atoms with E-state index in [9.17, 15) is 4.79 Å². The Kier molecular flexibility index (Phi) is 7.16. The fourth-order valence-electron chi connectivity index (χ4n) is 2.96. The lowest BCUT2D eigenvalue weighted by Gasteiger charge is -2.09. The molecule has 0 spiro atoms. The van der Waals surface area contributed by atoms with Crippen molar-refractivity contribution in [2.75, 3.05) is 25.6 Å². The van der Waals surface area contributed by atoms with Crippen molar-refractivity contribution in [1.82, 2.24) is 25.1 Å². The second kappa shape index (κ2) is 10.8. The lowest BCUT2D eigenvalue weighted by Crippen LogP contribution is -2.13. The Morgan fingerprint density at radius 3 is 2.88 bits per heavy atom. The summed E-state index contributed by atoms with van der Waals surface area (Å²) in [6.45, 7) is 0.766. The molecule has 172 valence electrons. The molecule has 3 N–H and O–H groups in total. The lowest BCUT2D eigenvalue weighted by atomic mass is 10.1. The number of allylic oxidation sites excluding steroid dienone is 1. The molecule has 0 saturated carbocycles. The Morgan fingerprint density at radius 1 is 1.21 bits per heavy atom. The van der Waals surface area contributed by atoms with Crippen molar-refractivity contribution in [2.45, 2.75) is 0 Å². The van der Waals surface area contributed by atoms with Crippen molar-refractivity contribution in [1.29, 1.82) is 5.41 Å². The van der Waals surface area contributed by atoms with Gasteiger partial charge in [0.05, 0.1) is 18.5 Å². The number of methoxy groups -OCH3 is 1. The fourth-order valence-corrected chi connectivity index (χ4v) is 2.96. The van der Waals surface area contributed by atoms with Crippen molar-refractivity contribution in [3.63, 3.8) is 0 Å². The molecule has 0 bridgehead atoms. The van der Waals surface area contributed by atoms with Crippen LogP contribution in [0.25, 0.3) is 28.7 Å². The highest BCUT2D eigenvalue weighted by molar-refractivity contribution is 6.00. The van der Waals surface area contributed by atoms with Gasteiger partial charge in [-0.25, -0.2) is 9.97 Å². The summed E-state index contributed by atoms with van der Waals surface area (Å²) in [4.78, 5) is 28.2. The van der Waals surface area contributed by atoms with Gasteiger partial charge in [0, 0.05) is 30.6 Å². The maximum Gasteiger partial charge on any atom is 0.316 e. The monoisotopic (exact) mass is 459 g/mol. The first-order valence-electron chi connectivity index (χ1n) is 10.2. The summed E-state index contributed by atoms with van der Waals surface area (Å²) in [7, 11) is 1.59. The van der Waals surface area contributed by atoms with Gasteiger partial charge in [-0.1, -0.05) is 11.2 Å². The van der Waals surface area contributed by atoms with Crippen molar-refractivity contribution in [2.24, 2.45) is 0 Å². The summed E-state index contributed by atoms with van der Waals surface area (Å²) in [5.74, 6) is 0.969. The summed E-state index contributed by atoms with van der Waals surface area (Å²) in [5.41, 5.74) is 2.06. The molecule has 1 aromatic carbocycles. The lowest BCUT2D eigenvalue weighted by molar-refractivity contribution is 0.0981. The Labute approximate surface area is 194 Å². The number of rotatable bonds is 10. The van der Waals surface area contributed by atoms with Crippen molar-refractivity contribution >= 4 is 24.0 Å². The number of hydrogen-bond acceptors (Lipinski definition) is 9. The first kappa shape index (κ1) is 22.6. The van der Waals surface area contributed by atoms with Gasteiger partial charge in [0.15, 0.2) is 0 Å². The Bertz CT molecular complexity index is 1300. The van der Waals surface area contributed by atoms with E-state index >= 15 is 0 Å². The molecule has 34 heavy (non-hydrogen) atoms. The predicted molar refractivity (Wildman–Crippen MR) is 125 cm³/mol. The van der Waals surface area contributed by atoms with Crippen LogP contribution in [0.3, 0.4) is 0 Å². The number of imidazole rings is 1. The molecule has 11 heteroatoms. The number of H-pyrrole nitrogens is 1. The van der Waals surface area contributed by atoms with E-state index in [1.807, 2.05) is 12.1 Å². The van der Waals surface area contributed by atoms with E-state index in [1.54, 1.807) is 55.9 Å². The highest BCUT2D eigenvalue weighted by atomic mass is 16.5. The quantitative estimate of drug-likeness (QED) is 0.241. The zero-order chi connectivity index (χ0) is 23.8. The molecule has 0 aliphatic heterocycles. The number of nitrogens with zero attached hydrogens (tertiary/aromatic N) is 4. The summed E-state index contributed by atoms with van der Waals surface area (Å²) >= 11 is 0. The van der Waals surface area contributed by atoms with Crippen LogP contribution in [0.1, 0.15) is 16.5 Å². The predicted octanol–water partition coefficient (Wildman–Crippen LogP) is 3.46. The first-order valence-corrected chi connectivity index (χ1v) is 10.2. The molecule has 0 radical (unpaired) electrons. The summed E-state index contributed by atoms with van der Waals surface area (Å²) < 4.78 is 16.0. The number of aromatic nitrogens is 5. The molecule has 0 aliphatic rings. The van der Waals surface area contributed by atoms with Gasteiger partial charge in [-0.15, -0.1) is 0 Å². The molecule has 3 heterocycles. The van der Waals surface area contributed by atoms with E-state index in [-0.39, 0.29) is 11.7 Å². The zero-order valence-corrected chi connectivity index (χ0v) is 18.2. The molecule has 0 atom stereocenters. The number of carbonyl (C=O) groups excluding carboxylic acids is 1. The SMILES string of the molecule is COCCOc1cc(-c2noc(C(=O)Nc3ccccn3)n2)cc(-c2cnc(/C=C\C=N)[nH]2)c1. The molecule has 1 amide bonds. The van der Waals surface area contributed by atoms with Crippen LogP contribution in [0.5, 0.6) is 5.75 Å². The second-order valence-corrected chi connectivity index (χ2v) is 6.89. The molecule has 0 unspecified atom stereocenters. The van der Waals surface area contributed by atoms with Gasteiger partial charge in [0.1, 0.15) is 24.0 Å². The van der Waals surface area contributed by atoms with Crippen LogP contribution < -0.4 is 10.1 Å². The van der Waals surface area contributed by atoms with Crippen LogP contribution in [0.2, 0.25) is 0 Å². The van der Waals surface area contributed by atoms with Crippen LogP contribution in [-0.4, -0.2) is 57.5 Å². The standard InChI is InChI=1S/C23H21N7O4/c1-32-9-10-33-17-12-15(18-14-26-20(27-18)6-4-7-24)11-16(13-17)21-29-23(34-30-21)22(31)28-19-5-2-3-8-25-19/h2-8,11-14,24H,9-10H2,1H3,(H,26,27)(H,25,28,31)/b6-4-,24-7?. The number of aromatic amines is 1. The molecule has 0 aliphatic carbocycles. The number of pyridine rings is 1. The van der Waals surface area contributed by atoms with Gasteiger partial charge in [0.2, 0.25) is 5.82 Å². The summed E-state index contributed by atoms with van der Waals surface area (Å²) in [6.07, 6.45) is 7.65. The van der Waals surface area contributed by atoms with E-state index < -0.39 is 5.91 Å². The van der Waals surface area contributed by atoms with Gasteiger partial charge in [0.25, 0.3) is 0 Å². The molecule has 3 aromatic heterocycles. The third-order valence-corrected chi connectivity index (χ3v) is 4.50. The number of anilines is 1. The highest BCUT2D eigenvalue weighted by Crippen LogP contribution is 2.30. The van der Waals surface area contributed by atoms with Gasteiger partial charge >= 0.3 is 11.8 Å². The average molecular weight is 459 g/mol. The molecule has 4 rings (SSSR count). The van der Waals surface area contributed by atoms with Crippen LogP contribution >= 0.6 is 0 Å². The Morgan fingerprint density at radius 2 is 2.09 bits per heavy atom. The molecule has 0 fully saturated rings. The molecule has 4 aromatic rings. The van der Waals surface area contributed by atoms with Crippen LogP contribution in [0, 0.1) is 5.41 Å². The Balaban J connectivity index is 1.62. The number of ether oxygens (including phenoxy) is 2. The van der Waals surface area contributed by atoms with E-state index in [4.69, 9.17) is 19.4 Å². The van der Waals surface area contributed by atoms with Crippen LogP contribution in [0.4, 0.5) is 5.82 Å². The van der Waals surface area contributed by atoms with Gasteiger partial charge < -0.3 is 29.7 Å². The first-order chi connectivity index (χ1) is 16.7. The smallest absolute Gasteiger partial charge is 0.316 e. The second-order valence-electron chi connectivity index (χ2n) is 6.89. The summed E-state index contributed by atoms with van der Waals surface area (Å²) in [5, 5.41) is 13.7.